The van der Waals surface area contributed by atoms with Crippen LogP contribution in [0.25, 0.3) is 10.9 Å². The first-order valence-electron chi connectivity index (χ1n) is 8.48. The van der Waals surface area contributed by atoms with Gasteiger partial charge in [0.2, 0.25) is 0 Å². The Morgan fingerprint density at radius 3 is 2.62 bits per heavy atom. The molecule has 1 aromatic heterocycles. The van der Waals surface area contributed by atoms with Crippen molar-refractivity contribution in [1.29, 1.82) is 0 Å². The molecule has 0 radical (unpaired) electrons. The summed E-state index contributed by atoms with van der Waals surface area (Å²) in [5.74, 6) is -0.488. The van der Waals surface area contributed by atoms with E-state index in [4.69, 9.17) is 5.21 Å². The van der Waals surface area contributed by atoms with Crippen molar-refractivity contribution in [3.63, 3.8) is 0 Å². The molecule has 0 bridgehead atoms. The molecule has 1 aliphatic heterocycles. The minimum atomic E-state index is -0.488. The lowest BCUT2D eigenvalue weighted by Gasteiger charge is -2.24. The first kappa shape index (κ1) is 18.5. The molecular formula is C20H21ClN3O2-. The molecule has 1 amide bonds. The Balaban J connectivity index is 0.00000196. The molecule has 0 saturated carbocycles. The Hall–Kier alpha value is -2.34. The molecule has 0 atom stereocenters. The number of para-hydroxylation sites is 1. The highest BCUT2D eigenvalue weighted by Gasteiger charge is 2.22. The number of hydrogen-bond acceptors (Lipinski definition) is 3. The Morgan fingerprint density at radius 2 is 1.88 bits per heavy atom. The molecule has 4 rings (SSSR count). The van der Waals surface area contributed by atoms with Crippen LogP contribution in [0.4, 0.5) is 0 Å². The number of benzene rings is 2. The number of rotatable bonds is 3. The van der Waals surface area contributed by atoms with Crippen molar-refractivity contribution in [2.75, 3.05) is 13.6 Å². The lowest BCUT2D eigenvalue weighted by molar-refractivity contribution is -0.0000133. The van der Waals surface area contributed by atoms with Crippen molar-refractivity contribution < 1.29 is 22.4 Å². The van der Waals surface area contributed by atoms with Crippen LogP contribution in [0.3, 0.4) is 0 Å². The van der Waals surface area contributed by atoms with Gasteiger partial charge >= 0.3 is 0 Å². The summed E-state index contributed by atoms with van der Waals surface area (Å²) in [5.41, 5.74) is 7.36. The largest absolute Gasteiger partial charge is 1.00 e. The SMILES string of the molecule is CN1CCc2c(c3ccccc3n2Cc2ccc(C(=O)NO)cc2)C1.[Cl-]. The Labute approximate surface area is 158 Å². The van der Waals surface area contributed by atoms with Crippen molar-refractivity contribution in [2.45, 2.75) is 19.5 Å². The highest BCUT2D eigenvalue weighted by Crippen LogP contribution is 2.31. The van der Waals surface area contributed by atoms with Crippen LogP contribution >= 0.6 is 0 Å². The molecule has 6 heteroatoms. The maximum Gasteiger partial charge on any atom is 0.274 e. The maximum atomic E-state index is 11.5. The highest BCUT2D eigenvalue weighted by atomic mass is 35.5. The van der Waals surface area contributed by atoms with E-state index in [1.54, 1.807) is 17.6 Å². The predicted octanol–water partition coefficient (Wildman–Crippen LogP) is -0.199. The lowest BCUT2D eigenvalue weighted by Crippen LogP contribution is -3.00. The van der Waals surface area contributed by atoms with Crippen LogP contribution in [0.2, 0.25) is 0 Å². The van der Waals surface area contributed by atoms with E-state index >= 15 is 0 Å². The summed E-state index contributed by atoms with van der Waals surface area (Å²) in [4.78, 5) is 13.8. The number of fused-ring (bicyclic) bond motifs is 3. The number of likely N-dealkylation sites (N-methyl/N-ethyl adjacent to an activating group) is 1. The molecule has 1 aliphatic rings. The van der Waals surface area contributed by atoms with E-state index in [0.29, 0.717) is 5.56 Å². The van der Waals surface area contributed by atoms with Gasteiger partial charge < -0.3 is 21.9 Å². The van der Waals surface area contributed by atoms with Gasteiger partial charge in [0.25, 0.3) is 5.91 Å². The summed E-state index contributed by atoms with van der Waals surface area (Å²) in [6.45, 7) is 2.83. The second-order valence-corrected chi connectivity index (χ2v) is 6.65. The first-order chi connectivity index (χ1) is 12.2. The van der Waals surface area contributed by atoms with E-state index in [2.05, 4.69) is 40.8 Å². The maximum absolute atomic E-state index is 11.5. The molecule has 3 aromatic rings. The fraction of sp³-hybridized carbons (Fsp3) is 0.250. The van der Waals surface area contributed by atoms with Crippen LogP contribution in [0.5, 0.6) is 0 Å². The van der Waals surface area contributed by atoms with E-state index in [1.807, 2.05) is 12.1 Å². The smallest absolute Gasteiger partial charge is 0.274 e. The molecular weight excluding hydrogens is 350 g/mol. The molecule has 0 saturated heterocycles. The summed E-state index contributed by atoms with van der Waals surface area (Å²) in [6, 6.07) is 16.0. The quantitative estimate of drug-likeness (QED) is 0.496. The van der Waals surface area contributed by atoms with Crippen molar-refractivity contribution >= 4 is 16.8 Å². The minimum Gasteiger partial charge on any atom is -1.00 e. The minimum absolute atomic E-state index is 0. The van der Waals surface area contributed by atoms with Gasteiger partial charge in [-0.1, -0.05) is 30.3 Å². The van der Waals surface area contributed by atoms with E-state index in [-0.39, 0.29) is 12.4 Å². The third-order valence-electron chi connectivity index (χ3n) is 5.01. The fourth-order valence-corrected chi connectivity index (χ4v) is 3.73. The summed E-state index contributed by atoms with van der Waals surface area (Å²) >= 11 is 0. The van der Waals surface area contributed by atoms with Gasteiger partial charge in [0, 0.05) is 48.2 Å². The van der Waals surface area contributed by atoms with Crippen molar-refractivity contribution in [3.05, 3.63) is 70.9 Å². The zero-order valence-corrected chi connectivity index (χ0v) is 15.3. The normalized spacial score (nSPS) is 13.9. The molecule has 0 unspecified atom stereocenters. The van der Waals surface area contributed by atoms with E-state index < -0.39 is 5.91 Å². The van der Waals surface area contributed by atoms with Gasteiger partial charge in [0.15, 0.2) is 0 Å². The number of hydrogen-bond donors (Lipinski definition) is 2. The first-order valence-corrected chi connectivity index (χ1v) is 8.48. The van der Waals surface area contributed by atoms with Crippen LogP contribution in [0, 0.1) is 0 Å². The number of nitrogens with zero attached hydrogens (tertiary/aromatic N) is 2. The Bertz CT molecular complexity index is 934. The molecule has 136 valence electrons. The summed E-state index contributed by atoms with van der Waals surface area (Å²) in [5, 5.41) is 10.1. The molecule has 5 nitrogen and oxygen atoms in total. The van der Waals surface area contributed by atoms with Crippen LogP contribution in [0.15, 0.2) is 48.5 Å². The third kappa shape index (κ3) is 3.21. The summed E-state index contributed by atoms with van der Waals surface area (Å²) in [6.07, 6.45) is 1.05. The highest BCUT2D eigenvalue weighted by molar-refractivity contribution is 5.93. The molecule has 2 aromatic carbocycles. The molecule has 0 aliphatic carbocycles. The third-order valence-corrected chi connectivity index (χ3v) is 5.01. The number of halogens is 1. The standard InChI is InChI=1S/C20H21N3O2.ClH/c1-22-11-10-19-17(13-22)16-4-2-3-5-18(16)23(19)12-14-6-8-15(9-7-14)20(24)21-25;/h2-9,25H,10-13H2,1H3,(H,21,24);1H/p-1. The number of amides is 1. The van der Waals surface area contributed by atoms with Crippen LogP contribution in [-0.2, 0) is 19.5 Å². The van der Waals surface area contributed by atoms with Gasteiger partial charge in [-0.15, -0.1) is 0 Å². The number of carbonyl (C=O) groups excluding carboxylic acids is 1. The van der Waals surface area contributed by atoms with E-state index in [0.717, 1.165) is 31.6 Å². The summed E-state index contributed by atoms with van der Waals surface area (Å²) in [7, 11) is 2.17. The average Bonchev–Trinajstić information content (AvgIpc) is 2.95. The van der Waals surface area contributed by atoms with Crippen LogP contribution in [0.1, 0.15) is 27.2 Å². The fourth-order valence-electron chi connectivity index (χ4n) is 3.73. The van der Waals surface area contributed by atoms with Crippen LogP contribution < -0.4 is 17.9 Å². The van der Waals surface area contributed by atoms with Crippen molar-refractivity contribution in [2.24, 2.45) is 0 Å². The molecule has 2 heterocycles. The van der Waals surface area contributed by atoms with Crippen molar-refractivity contribution in [3.8, 4) is 0 Å². The van der Waals surface area contributed by atoms with Gasteiger partial charge in [-0.05, 0) is 36.4 Å². The Kier molecular flexibility index (Phi) is 5.32. The average molecular weight is 371 g/mol. The molecule has 0 fully saturated rings. The van der Waals surface area contributed by atoms with Gasteiger partial charge in [-0.2, -0.15) is 0 Å². The molecule has 26 heavy (non-hydrogen) atoms. The number of hydroxylamine groups is 1. The van der Waals surface area contributed by atoms with Crippen molar-refractivity contribution in [1.82, 2.24) is 14.9 Å². The van der Waals surface area contributed by atoms with Gasteiger partial charge in [-0.3, -0.25) is 10.0 Å². The second-order valence-electron chi connectivity index (χ2n) is 6.65. The predicted molar refractivity (Wildman–Crippen MR) is 96.8 cm³/mol. The van der Waals surface area contributed by atoms with Gasteiger partial charge in [0.1, 0.15) is 0 Å². The number of nitrogens with one attached hydrogen (secondary N) is 1. The number of carbonyl (C=O) groups is 1. The van der Waals surface area contributed by atoms with E-state index in [1.165, 1.54) is 22.2 Å². The summed E-state index contributed by atoms with van der Waals surface area (Å²) < 4.78 is 2.40. The second kappa shape index (κ2) is 7.50. The van der Waals surface area contributed by atoms with E-state index in [9.17, 15) is 4.79 Å². The zero-order valence-electron chi connectivity index (χ0n) is 14.6. The molecule has 0 spiro atoms. The monoisotopic (exact) mass is 370 g/mol. The number of aromatic nitrogens is 1. The Morgan fingerprint density at radius 1 is 1.15 bits per heavy atom. The zero-order chi connectivity index (χ0) is 17.4. The van der Waals surface area contributed by atoms with Gasteiger partial charge in [-0.25, -0.2) is 5.48 Å². The molecule has 2 N–H and O–H groups in total. The lowest BCUT2D eigenvalue weighted by atomic mass is 10.1. The van der Waals surface area contributed by atoms with Gasteiger partial charge in [0.05, 0.1) is 0 Å². The topological polar surface area (TPSA) is 57.5 Å². The van der Waals surface area contributed by atoms with Crippen LogP contribution in [-0.4, -0.2) is 34.2 Å².